The minimum Gasteiger partial charge on any atom is -0.303 e. The highest BCUT2D eigenvalue weighted by molar-refractivity contribution is 4.66. The Morgan fingerprint density at radius 2 is 1.15 bits per heavy atom. The van der Waals surface area contributed by atoms with E-state index in [1.54, 1.807) is 0 Å². The van der Waals surface area contributed by atoms with Gasteiger partial charge in [0.05, 0.1) is 0 Å². The largest absolute Gasteiger partial charge is 0.303 e. The molecule has 0 atom stereocenters. The normalized spacial score (nSPS) is 11.2. The molecule has 0 aromatic rings. The number of hydrogen-bond donors (Lipinski definition) is 0. The van der Waals surface area contributed by atoms with Crippen LogP contribution >= 0.6 is 0 Å². The molecule has 1 nitrogen and oxygen atoms in total. The van der Waals surface area contributed by atoms with E-state index in [-0.39, 0.29) is 0 Å². The van der Waals surface area contributed by atoms with Crippen molar-refractivity contribution in [1.82, 2.24) is 4.90 Å². The lowest BCUT2D eigenvalue weighted by molar-refractivity contribution is 0.256. The molecular formula is C19H39N. The van der Waals surface area contributed by atoms with Gasteiger partial charge in [0.1, 0.15) is 0 Å². The minimum atomic E-state index is 1.19. The summed E-state index contributed by atoms with van der Waals surface area (Å²) in [5.74, 6) is 0. The molecule has 0 unspecified atom stereocenters. The van der Waals surface area contributed by atoms with Gasteiger partial charge in [-0.2, -0.15) is 0 Å². The molecule has 0 saturated heterocycles. The zero-order valence-corrected chi connectivity index (χ0v) is 14.3. The van der Waals surface area contributed by atoms with E-state index in [1.165, 1.54) is 96.7 Å². The van der Waals surface area contributed by atoms with Crippen molar-refractivity contribution in [2.75, 3.05) is 19.6 Å². The van der Waals surface area contributed by atoms with E-state index < -0.39 is 0 Å². The summed E-state index contributed by atoms with van der Waals surface area (Å²) < 4.78 is 0. The summed E-state index contributed by atoms with van der Waals surface area (Å²) in [6, 6.07) is 0. The first-order chi connectivity index (χ1) is 9.85. The second kappa shape index (κ2) is 16.8. The van der Waals surface area contributed by atoms with Crippen molar-refractivity contribution in [3.63, 3.8) is 0 Å². The Bertz CT molecular complexity index is 188. The lowest BCUT2D eigenvalue weighted by atomic mass is 10.1. The van der Waals surface area contributed by atoms with E-state index in [4.69, 9.17) is 0 Å². The fourth-order valence-corrected chi connectivity index (χ4v) is 2.63. The van der Waals surface area contributed by atoms with Crippen molar-refractivity contribution < 1.29 is 0 Å². The molecule has 0 aliphatic carbocycles. The maximum absolute atomic E-state index is 3.79. The van der Waals surface area contributed by atoms with Crippen molar-refractivity contribution in [2.45, 2.75) is 90.9 Å². The zero-order chi connectivity index (χ0) is 14.9. The van der Waals surface area contributed by atoms with Crippen molar-refractivity contribution in [3.8, 4) is 0 Å². The molecule has 0 amide bonds. The van der Waals surface area contributed by atoms with Crippen molar-refractivity contribution in [3.05, 3.63) is 12.7 Å². The van der Waals surface area contributed by atoms with Crippen LogP contribution < -0.4 is 0 Å². The van der Waals surface area contributed by atoms with E-state index in [9.17, 15) is 0 Å². The highest BCUT2D eigenvalue weighted by atomic mass is 15.1. The van der Waals surface area contributed by atoms with Crippen molar-refractivity contribution >= 4 is 0 Å². The van der Waals surface area contributed by atoms with Crippen LogP contribution in [0, 0.1) is 0 Å². The van der Waals surface area contributed by atoms with E-state index >= 15 is 0 Å². The summed E-state index contributed by atoms with van der Waals surface area (Å²) in [7, 11) is 0. The summed E-state index contributed by atoms with van der Waals surface area (Å²) in [6.07, 6.45) is 18.4. The Hall–Kier alpha value is -0.300. The summed E-state index contributed by atoms with van der Waals surface area (Å²) in [5, 5.41) is 0. The second-order valence-electron chi connectivity index (χ2n) is 6.10. The Labute approximate surface area is 128 Å². The molecule has 0 aromatic carbocycles. The average molecular weight is 282 g/mol. The molecule has 0 aromatic heterocycles. The number of nitrogens with zero attached hydrogens (tertiary/aromatic N) is 1. The van der Waals surface area contributed by atoms with Crippen LogP contribution in [0.3, 0.4) is 0 Å². The number of rotatable bonds is 16. The molecule has 0 N–H and O–H groups in total. The first-order valence-electron chi connectivity index (χ1n) is 9.18. The van der Waals surface area contributed by atoms with Gasteiger partial charge in [-0.15, -0.1) is 6.58 Å². The molecule has 20 heavy (non-hydrogen) atoms. The third kappa shape index (κ3) is 14.1. The molecule has 0 heterocycles. The van der Waals surface area contributed by atoms with Crippen LogP contribution in [0.5, 0.6) is 0 Å². The van der Waals surface area contributed by atoms with Crippen LogP contribution in [0.2, 0.25) is 0 Å². The van der Waals surface area contributed by atoms with Gasteiger partial charge in [-0.05, 0) is 51.7 Å². The molecule has 0 saturated carbocycles. The Morgan fingerprint density at radius 1 is 0.650 bits per heavy atom. The van der Waals surface area contributed by atoms with E-state index in [2.05, 4.69) is 25.3 Å². The molecule has 0 rings (SSSR count). The van der Waals surface area contributed by atoms with Crippen LogP contribution in [-0.2, 0) is 0 Å². The maximum atomic E-state index is 3.79. The maximum Gasteiger partial charge on any atom is -0.00187 e. The highest BCUT2D eigenvalue weighted by Crippen LogP contribution is 2.08. The van der Waals surface area contributed by atoms with Crippen LogP contribution in [-0.4, -0.2) is 24.5 Å². The molecule has 0 radical (unpaired) electrons. The average Bonchev–Trinajstić information content (AvgIpc) is 2.47. The van der Waals surface area contributed by atoms with Gasteiger partial charge in [0.15, 0.2) is 0 Å². The van der Waals surface area contributed by atoms with E-state index in [0.29, 0.717) is 0 Å². The first-order valence-corrected chi connectivity index (χ1v) is 9.18. The fraction of sp³-hybridized carbons (Fsp3) is 0.895. The molecule has 120 valence electrons. The Balaban J connectivity index is 3.58. The number of hydrogen-bond acceptors (Lipinski definition) is 1. The van der Waals surface area contributed by atoms with E-state index in [0.717, 1.165) is 0 Å². The summed E-state index contributed by atoms with van der Waals surface area (Å²) in [6.45, 7) is 12.3. The fourth-order valence-electron chi connectivity index (χ4n) is 2.63. The van der Waals surface area contributed by atoms with Crippen LogP contribution in [0.1, 0.15) is 90.9 Å². The quantitative estimate of drug-likeness (QED) is 0.241. The van der Waals surface area contributed by atoms with Gasteiger partial charge >= 0.3 is 0 Å². The molecule has 0 aliphatic heterocycles. The Morgan fingerprint density at radius 3 is 1.70 bits per heavy atom. The smallest absolute Gasteiger partial charge is 0.00187 e. The topological polar surface area (TPSA) is 3.24 Å². The lowest BCUT2D eigenvalue weighted by Crippen LogP contribution is -2.27. The van der Waals surface area contributed by atoms with Gasteiger partial charge in [-0.3, -0.25) is 0 Å². The Kier molecular flexibility index (Phi) is 16.5. The van der Waals surface area contributed by atoms with Gasteiger partial charge in [-0.1, -0.05) is 64.9 Å². The van der Waals surface area contributed by atoms with Gasteiger partial charge in [0.25, 0.3) is 0 Å². The van der Waals surface area contributed by atoms with Gasteiger partial charge in [0, 0.05) is 0 Å². The monoisotopic (exact) mass is 281 g/mol. The highest BCUT2D eigenvalue weighted by Gasteiger charge is 2.03. The van der Waals surface area contributed by atoms with Crippen molar-refractivity contribution in [2.24, 2.45) is 0 Å². The lowest BCUT2D eigenvalue weighted by Gasteiger charge is -2.22. The standard InChI is InChI=1S/C19H39N/c1-4-7-10-12-14-16-19-20(17-9-6-3)18-15-13-11-8-5-2/h4H,1,5-19H2,2-3H3. The third-order valence-electron chi connectivity index (χ3n) is 4.04. The summed E-state index contributed by atoms with van der Waals surface area (Å²) in [5.41, 5.74) is 0. The summed E-state index contributed by atoms with van der Waals surface area (Å²) >= 11 is 0. The molecular weight excluding hydrogens is 242 g/mol. The molecule has 0 aliphatic rings. The van der Waals surface area contributed by atoms with E-state index in [1.807, 2.05) is 6.08 Å². The van der Waals surface area contributed by atoms with Gasteiger partial charge in [-0.25, -0.2) is 0 Å². The van der Waals surface area contributed by atoms with Crippen LogP contribution in [0.4, 0.5) is 0 Å². The molecule has 0 spiro atoms. The first kappa shape index (κ1) is 19.7. The van der Waals surface area contributed by atoms with Crippen LogP contribution in [0.25, 0.3) is 0 Å². The second-order valence-corrected chi connectivity index (χ2v) is 6.10. The predicted octanol–water partition coefficient (Wildman–Crippen LogP) is 6.20. The molecule has 1 heteroatoms. The minimum absolute atomic E-state index is 1.19. The van der Waals surface area contributed by atoms with Crippen LogP contribution in [0.15, 0.2) is 12.7 Å². The number of unbranched alkanes of at least 4 members (excludes halogenated alkanes) is 9. The predicted molar refractivity (Wildman–Crippen MR) is 93.4 cm³/mol. The third-order valence-corrected chi connectivity index (χ3v) is 4.04. The summed E-state index contributed by atoms with van der Waals surface area (Å²) in [4.78, 5) is 2.71. The zero-order valence-electron chi connectivity index (χ0n) is 14.3. The van der Waals surface area contributed by atoms with Crippen molar-refractivity contribution in [1.29, 1.82) is 0 Å². The van der Waals surface area contributed by atoms with Gasteiger partial charge < -0.3 is 4.90 Å². The SMILES string of the molecule is C=CCCCCCCN(CCCC)CCCCCCC. The molecule has 0 bridgehead atoms. The molecule has 0 fully saturated rings. The van der Waals surface area contributed by atoms with Gasteiger partial charge in [0.2, 0.25) is 0 Å². The number of allylic oxidation sites excluding steroid dienone is 1.